The van der Waals surface area contributed by atoms with Crippen LogP contribution in [0.15, 0.2) is 0 Å². The molecular weight excluding hydrogens is 390 g/mol. The second kappa shape index (κ2) is 18.5. The predicted molar refractivity (Wildman–Crippen MR) is 126 cm³/mol. The number of aliphatic carboxylic acids is 1. The van der Waals surface area contributed by atoms with Crippen molar-refractivity contribution >= 4 is 11.9 Å². The molecule has 0 bridgehead atoms. The molecule has 5 nitrogen and oxygen atoms in total. The molecule has 0 fully saturated rings. The summed E-state index contributed by atoms with van der Waals surface area (Å²) in [6.45, 7) is 5.10. The summed E-state index contributed by atoms with van der Waals surface area (Å²) >= 11 is 0. The zero-order chi connectivity index (χ0) is 23.5. The summed E-state index contributed by atoms with van der Waals surface area (Å²) in [6.07, 6.45) is 17.4. The Balaban J connectivity index is 3.70. The molecule has 0 aromatic heterocycles. The van der Waals surface area contributed by atoms with E-state index < -0.39 is 12.1 Å². The number of esters is 1. The fourth-order valence-corrected chi connectivity index (χ4v) is 4.07. The van der Waals surface area contributed by atoms with Gasteiger partial charge in [-0.25, -0.2) is 0 Å². The van der Waals surface area contributed by atoms with Crippen molar-refractivity contribution in [3.05, 3.63) is 0 Å². The van der Waals surface area contributed by atoms with Crippen LogP contribution in [0.3, 0.4) is 0 Å². The van der Waals surface area contributed by atoms with Crippen LogP contribution in [0.4, 0.5) is 0 Å². The third-order valence-electron chi connectivity index (χ3n) is 5.82. The zero-order valence-corrected chi connectivity index (χ0v) is 21.3. The van der Waals surface area contributed by atoms with E-state index in [-0.39, 0.29) is 12.4 Å². The lowest BCUT2D eigenvalue weighted by Gasteiger charge is -2.29. The first-order valence-electron chi connectivity index (χ1n) is 12.8. The van der Waals surface area contributed by atoms with Crippen molar-refractivity contribution in [2.45, 2.75) is 123 Å². The summed E-state index contributed by atoms with van der Waals surface area (Å²) in [6, 6.07) is 0. The quantitative estimate of drug-likeness (QED) is 0.139. The lowest BCUT2D eigenvalue weighted by Crippen LogP contribution is -2.45. The number of carbonyl (C=O) groups is 2. The highest BCUT2D eigenvalue weighted by molar-refractivity contribution is 5.70. The van der Waals surface area contributed by atoms with Crippen molar-refractivity contribution in [3.63, 3.8) is 0 Å². The van der Waals surface area contributed by atoms with Gasteiger partial charge in [-0.05, 0) is 12.3 Å². The van der Waals surface area contributed by atoms with Crippen LogP contribution in [0.2, 0.25) is 0 Å². The van der Waals surface area contributed by atoms with Gasteiger partial charge in [-0.1, -0.05) is 97.3 Å². The number of nitrogens with zero attached hydrogens (tertiary/aromatic N) is 1. The molecule has 2 unspecified atom stereocenters. The van der Waals surface area contributed by atoms with Crippen LogP contribution in [-0.2, 0) is 14.3 Å². The number of quaternary nitrogens is 1. The second-order valence-corrected chi connectivity index (χ2v) is 10.5. The van der Waals surface area contributed by atoms with E-state index in [1.165, 1.54) is 70.6 Å². The van der Waals surface area contributed by atoms with Crippen LogP contribution in [0.1, 0.15) is 117 Å². The summed E-state index contributed by atoms with van der Waals surface area (Å²) in [5.74, 6) is -0.666. The van der Waals surface area contributed by atoms with E-state index in [0.717, 1.165) is 25.2 Å². The van der Waals surface area contributed by atoms with Gasteiger partial charge >= 0.3 is 5.97 Å². The normalized spacial score (nSPS) is 13.7. The van der Waals surface area contributed by atoms with E-state index in [1.807, 2.05) is 21.1 Å². The van der Waals surface area contributed by atoms with Crippen LogP contribution in [0.5, 0.6) is 0 Å². The van der Waals surface area contributed by atoms with Gasteiger partial charge < -0.3 is 19.1 Å². The first-order valence-corrected chi connectivity index (χ1v) is 12.8. The van der Waals surface area contributed by atoms with Gasteiger partial charge in [-0.3, -0.25) is 4.79 Å². The molecule has 0 aliphatic heterocycles. The number of carboxylic acids is 1. The zero-order valence-electron chi connectivity index (χ0n) is 21.3. The lowest BCUT2D eigenvalue weighted by molar-refractivity contribution is -0.873. The fraction of sp³-hybridized carbons (Fsp3) is 0.923. The topological polar surface area (TPSA) is 66.4 Å². The summed E-state index contributed by atoms with van der Waals surface area (Å²) < 4.78 is 5.94. The number of hydrogen-bond donors (Lipinski definition) is 0. The predicted octanol–water partition coefficient (Wildman–Crippen LogP) is 5.25. The standard InChI is InChI=1S/C26H51NO4/c1-6-7-8-9-10-11-12-15-18-23(2)19-16-13-14-17-20-26(30)31-24(21-25(28)29)22-27(3,4)5/h23-24H,6-22H2,1-5H3. The highest BCUT2D eigenvalue weighted by Crippen LogP contribution is 2.18. The number of hydrogen-bond acceptors (Lipinski definition) is 4. The molecule has 0 radical (unpaired) electrons. The summed E-state index contributed by atoms with van der Waals surface area (Å²) in [5.41, 5.74) is 0. The van der Waals surface area contributed by atoms with Crippen molar-refractivity contribution in [1.29, 1.82) is 0 Å². The molecule has 31 heavy (non-hydrogen) atoms. The van der Waals surface area contributed by atoms with E-state index in [4.69, 9.17) is 4.74 Å². The smallest absolute Gasteiger partial charge is 0.306 e. The van der Waals surface area contributed by atoms with Crippen LogP contribution in [-0.4, -0.2) is 50.2 Å². The molecule has 2 atom stereocenters. The molecule has 0 saturated carbocycles. The maximum Gasteiger partial charge on any atom is 0.306 e. The summed E-state index contributed by atoms with van der Waals surface area (Å²) in [5, 5.41) is 10.9. The largest absolute Gasteiger partial charge is 0.550 e. The maximum atomic E-state index is 12.1. The molecule has 0 heterocycles. The first kappa shape index (κ1) is 29.9. The molecule has 5 heteroatoms. The van der Waals surface area contributed by atoms with Gasteiger partial charge in [-0.15, -0.1) is 0 Å². The summed E-state index contributed by atoms with van der Waals surface area (Å²) in [4.78, 5) is 23.0. The highest BCUT2D eigenvalue weighted by Gasteiger charge is 2.22. The average Bonchev–Trinajstić information content (AvgIpc) is 2.64. The molecule has 0 rings (SSSR count). The molecule has 184 valence electrons. The van der Waals surface area contributed by atoms with Gasteiger partial charge in [0.15, 0.2) is 6.10 Å². The Labute approximate surface area is 192 Å². The van der Waals surface area contributed by atoms with Crippen molar-refractivity contribution in [2.24, 2.45) is 5.92 Å². The number of ether oxygens (including phenoxy) is 1. The van der Waals surface area contributed by atoms with Gasteiger partial charge in [0, 0.05) is 18.8 Å². The maximum absolute atomic E-state index is 12.1. The Hall–Kier alpha value is -1.10. The number of carbonyl (C=O) groups excluding carboxylic acids is 2. The fourth-order valence-electron chi connectivity index (χ4n) is 4.07. The van der Waals surface area contributed by atoms with Crippen molar-refractivity contribution < 1.29 is 23.9 Å². The third-order valence-corrected chi connectivity index (χ3v) is 5.82. The van der Waals surface area contributed by atoms with Gasteiger partial charge in [0.05, 0.1) is 21.1 Å². The lowest BCUT2D eigenvalue weighted by atomic mass is 9.96. The van der Waals surface area contributed by atoms with Gasteiger partial charge in [0.25, 0.3) is 0 Å². The molecular formula is C26H51NO4. The van der Waals surface area contributed by atoms with Crippen molar-refractivity contribution in [2.75, 3.05) is 27.7 Å². The van der Waals surface area contributed by atoms with Crippen LogP contribution in [0, 0.1) is 5.92 Å². The highest BCUT2D eigenvalue weighted by atomic mass is 16.5. The molecule has 0 aliphatic rings. The average molecular weight is 442 g/mol. The van der Waals surface area contributed by atoms with E-state index in [0.29, 0.717) is 17.4 Å². The Morgan fingerprint density at radius 3 is 1.77 bits per heavy atom. The van der Waals surface area contributed by atoms with Crippen LogP contribution >= 0.6 is 0 Å². The third kappa shape index (κ3) is 21.9. The first-order chi connectivity index (χ1) is 14.6. The summed E-state index contributed by atoms with van der Waals surface area (Å²) in [7, 11) is 5.85. The Morgan fingerprint density at radius 1 is 0.806 bits per heavy atom. The van der Waals surface area contributed by atoms with Gasteiger partial charge in [0.2, 0.25) is 0 Å². The molecule has 0 aromatic rings. The molecule has 0 saturated heterocycles. The Kier molecular flexibility index (Phi) is 17.8. The van der Waals surface area contributed by atoms with E-state index in [1.54, 1.807) is 0 Å². The minimum atomic E-state index is -1.17. The SMILES string of the molecule is CCCCCCCCCCC(C)CCCCCCC(=O)OC(CC(=O)[O-])C[N+](C)(C)C. The molecule has 0 spiro atoms. The van der Waals surface area contributed by atoms with Crippen molar-refractivity contribution in [1.82, 2.24) is 0 Å². The van der Waals surface area contributed by atoms with Crippen molar-refractivity contribution in [3.8, 4) is 0 Å². The van der Waals surface area contributed by atoms with Crippen LogP contribution in [0.25, 0.3) is 0 Å². The number of rotatable bonds is 21. The van der Waals surface area contributed by atoms with Crippen LogP contribution < -0.4 is 5.11 Å². The van der Waals surface area contributed by atoms with E-state index in [2.05, 4.69) is 13.8 Å². The molecule has 0 aliphatic carbocycles. The molecule has 0 N–H and O–H groups in total. The molecule has 0 aromatic carbocycles. The number of unbranched alkanes of at least 4 members (excludes halogenated alkanes) is 10. The minimum Gasteiger partial charge on any atom is -0.550 e. The number of likely N-dealkylation sites (N-methyl/N-ethyl adjacent to an activating group) is 1. The minimum absolute atomic E-state index is 0.238. The van der Waals surface area contributed by atoms with E-state index >= 15 is 0 Å². The Bertz CT molecular complexity index is 459. The Morgan fingerprint density at radius 2 is 1.29 bits per heavy atom. The molecule has 0 amide bonds. The second-order valence-electron chi connectivity index (χ2n) is 10.5. The van der Waals surface area contributed by atoms with Gasteiger partial charge in [0.1, 0.15) is 6.54 Å². The number of carboxylic acid groups (broad SMARTS) is 1. The van der Waals surface area contributed by atoms with Gasteiger partial charge in [-0.2, -0.15) is 0 Å². The monoisotopic (exact) mass is 441 g/mol. The van der Waals surface area contributed by atoms with E-state index in [9.17, 15) is 14.7 Å².